The summed E-state index contributed by atoms with van der Waals surface area (Å²) in [5.74, 6) is 1.05. The first-order valence-electron chi connectivity index (χ1n) is 8.43. The SMILES string of the molecule is C=CCn1c(COc2ccccc2Cl)nnc1SCC(=O)Nc1sccc1C#N. The molecule has 3 rings (SSSR count). The third-order valence-electron chi connectivity index (χ3n) is 3.67. The molecule has 1 aromatic carbocycles. The molecule has 0 unspecified atom stereocenters. The molecule has 0 radical (unpaired) electrons. The lowest BCUT2D eigenvalue weighted by molar-refractivity contribution is -0.113. The van der Waals surface area contributed by atoms with Crippen LogP contribution >= 0.6 is 34.7 Å². The number of ether oxygens (including phenoxy) is 1. The second kappa shape index (κ2) is 10.1. The smallest absolute Gasteiger partial charge is 0.235 e. The number of nitriles is 1. The van der Waals surface area contributed by atoms with Gasteiger partial charge in [-0.2, -0.15) is 5.26 Å². The second-order valence-corrected chi connectivity index (χ2v) is 7.90. The van der Waals surface area contributed by atoms with Gasteiger partial charge in [0.15, 0.2) is 11.0 Å². The molecule has 148 valence electrons. The second-order valence-electron chi connectivity index (χ2n) is 5.63. The summed E-state index contributed by atoms with van der Waals surface area (Å²) >= 11 is 8.66. The first-order valence-corrected chi connectivity index (χ1v) is 10.7. The minimum atomic E-state index is -0.226. The van der Waals surface area contributed by atoms with Crippen LogP contribution in [-0.2, 0) is 17.9 Å². The van der Waals surface area contributed by atoms with Crippen molar-refractivity contribution >= 4 is 45.6 Å². The number of nitrogens with zero attached hydrogens (tertiary/aromatic N) is 4. The quantitative estimate of drug-likeness (QED) is 0.388. The number of thiophene rings is 1. The third-order valence-corrected chi connectivity index (χ3v) is 5.78. The average molecular weight is 446 g/mol. The zero-order valence-electron chi connectivity index (χ0n) is 15.2. The molecule has 3 aromatic rings. The minimum absolute atomic E-state index is 0.128. The molecule has 0 fully saturated rings. The van der Waals surface area contributed by atoms with E-state index < -0.39 is 0 Å². The van der Waals surface area contributed by atoms with E-state index in [1.54, 1.807) is 29.7 Å². The van der Waals surface area contributed by atoms with Crippen molar-refractivity contribution in [2.75, 3.05) is 11.1 Å². The first-order chi connectivity index (χ1) is 14.1. The maximum Gasteiger partial charge on any atom is 0.235 e. The predicted molar refractivity (Wildman–Crippen MR) is 114 cm³/mol. The van der Waals surface area contributed by atoms with Crippen LogP contribution in [0.25, 0.3) is 0 Å². The number of amides is 1. The predicted octanol–water partition coefficient (Wildman–Crippen LogP) is 4.36. The van der Waals surface area contributed by atoms with Crippen LogP contribution in [0.5, 0.6) is 5.75 Å². The van der Waals surface area contributed by atoms with Gasteiger partial charge in [-0.15, -0.1) is 28.1 Å². The lowest BCUT2D eigenvalue weighted by atomic mass is 10.3. The highest BCUT2D eigenvalue weighted by Crippen LogP contribution is 2.25. The highest BCUT2D eigenvalue weighted by atomic mass is 35.5. The summed E-state index contributed by atoms with van der Waals surface area (Å²) in [5.41, 5.74) is 0.446. The molecule has 0 aliphatic rings. The number of aromatic nitrogens is 3. The number of para-hydroxylation sites is 1. The zero-order valence-corrected chi connectivity index (χ0v) is 17.6. The fourth-order valence-corrected chi connectivity index (χ4v) is 4.05. The van der Waals surface area contributed by atoms with Crippen molar-refractivity contribution in [1.29, 1.82) is 5.26 Å². The molecule has 0 saturated heterocycles. The highest BCUT2D eigenvalue weighted by Gasteiger charge is 2.15. The van der Waals surface area contributed by atoms with Crippen molar-refractivity contribution in [2.45, 2.75) is 18.3 Å². The van der Waals surface area contributed by atoms with Crippen molar-refractivity contribution < 1.29 is 9.53 Å². The van der Waals surface area contributed by atoms with Crippen molar-refractivity contribution in [2.24, 2.45) is 0 Å². The Balaban J connectivity index is 1.63. The fraction of sp³-hybridized carbons (Fsp3) is 0.158. The van der Waals surface area contributed by atoms with Gasteiger partial charge in [-0.1, -0.05) is 41.6 Å². The maximum atomic E-state index is 12.2. The number of benzene rings is 1. The van der Waals surface area contributed by atoms with E-state index >= 15 is 0 Å². The summed E-state index contributed by atoms with van der Waals surface area (Å²) in [4.78, 5) is 12.2. The van der Waals surface area contributed by atoms with Crippen LogP contribution in [-0.4, -0.2) is 26.4 Å². The van der Waals surface area contributed by atoms with E-state index in [9.17, 15) is 4.79 Å². The van der Waals surface area contributed by atoms with Crippen molar-refractivity contribution in [3.63, 3.8) is 0 Å². The molecule has 0 bridgehead atoms. The van der Waals surface area contributed by atoms with E-state index in [2.05, 4.69) is 22.1 Å². The Morgan fingerprint density at radius 1 is 1.41 bits per heavy atom. The summed E-state index contributed by atoms with van der Waals surface area (Å²) in [6, 6.07) is 10.9. The van der Waals surface area contributed by atoms with Crippen molar-refractivity contribution in [3.05, 3.63) is 64.8 Å². The van der Waals surface area contributed by atoms with Crippen molar-refractivity contribution in [3.8, 4) is 11.8 Å². The lowest BCUT2D eigenvalue weighted by Gasteiger charge is -2.10. The summed E-state index contributed by atoms with van der Waals surface area (Å²) < 4.78 is 7.56. The third kappa shape index (κ3) is 5.38. The van der Waals surface area contributed by atoms with Gasteiger partial charge >= 0.3 is 0 Å². The van der Waals surface area contributed by atoms with Gasteiger partial charge in [-0.05, 0) is 23.6 Å². The average Bonchev–Trinajstić information content (AvgIpc) is 3.32. The maximum absolute atomic E-state index is 12.2. The van der Waals surface area contributed by atoms with Gasteiger partial charge in [0.2, 0.25) is 5.91 Å². The first kappa shape index (κ1) is 20.9. The van der Waals surface area contributed by atoms with E-state index in [0.717, 1.165) is 0 Å². The molecule has 0 saturated carbocycles. The number of anilines is 1. The Kier molecular flexibility index (Phi) is 7.30. The molecule has 0 aliphatic heterocycles. The van der Waals surface area contributed by atoms with Crippen molar-refractivity contribution in [1.82, 2.24) is 14.8 Å². The number of hydrogen-bond acceptors (Lipinski definition) is 7. The molecule has 0 atom stereocenters. The molecule has 1 N–H and O–H groups in total. The molecule has 0 aliphatic carbocycles. The van der Waals surface area contributed by atoms with Gasteiger partial charge in [0.1, 0.15) is 23.4 Å². The number of hydrogen-bond donors (Lipinski definition) is 1. The molecular formula is C19H16ClN5O2S2. The summed E-state index contributed by atoms with van der Waals surface area (Å²) in [7, 11) is 0. The van der Waals surface area contributed by atoms with Gasteiger partial charge < -0.3 is 10.1 Å². The van der Waals surface area contributed by atoms with Crippen LogP contribution in [0.15, 0.2) is 53.5 Å². The molecule has 0 spiro atoms. The van der Waals surface area contributed by atoms with Crippen LogP contribution in [0.1, 0.15) is 11.4 Å². The van der Waals surface area contributed by atoms with Gasteiger partial charge in [-0.3, -0.25) is 9.36 Å². The monoisotopic (exact) mass is 445 g/mol. The van der Waals surface area contributed by atoms with E-state index in [1.165, 1.54) is 23.1 Å². The normalized spacial score (nSPS) is 10.3. The molecule has 10 heteroatoms. The van der Waals surface area contributed by atoms with E-state index in [-0.39, 0.29) is 18.3 Å². The van der Waals surface area contributed by atoms with Crippen LogP contribution in [0.4, 0.5) is 5.00 Å². The summed E-state index contributed by atoms with van der Waals surface area (Å²) in [6.45, 7) is 4.41. The molecule has 2 heterocycles. The van der Waals surface area contributed by atoms with E-state index in [0.29, 0.717) is 38.9 Å². The number of thioether (sulfide) groups is 1. The Labute approximate surface area is 181 Å². The molecule has 1 amide bonds. The van der Waals surface area contributed by atoms with Crippen LogP contribution < -0.4 is 10.1 Å². The zero-order chi connectivity index (χ0) is 20.6. The van der Waals surface area contributed by atoms with Gasteiger partial charge in [-0.25, -0.2) is 0 Å². The molecule has 29 heavy (non-hydrogen) atoms. The Hall–Kier alpha value is -2.80. The number of halogens is 1. The number of allylic oxidation sites excluding steroid dienone is 1. The van der Waals surface area contributed by atoms with E-state index in [1.807, 2.05) is 22.8 Å². The molecule has 7 nitrogen and oxygen atoms in total. The fourth-order valence-electron chi connectivity index (χ4n) is 2.34. The highest BCUT2D eigenvalue weighted by molar-refractivity contribution is 7.99. The van der Waals surface area contributed by atoms with Crippen LogP contribution in [0.3, 0.4) is 0 Å². The van der Waals surface area contributed by atoms with E-state index in [4.69, 9.17) is 21.6 Å². The number of carbonyl (C=O) groups excluding carboxylic acids is 1. The number of carbonyl (C=O) groups is 1. The molecule has 2 aromatic heterocycles. The Morgan fingerprint density at radius 3 is 3.00 bits per heavy atom. The number of nitrogens with one attached hydrogen (secondary N) is 1. The Bertz CT molecular complexity index is 1060. The lowest BCUT2D eigenvalue weighted by Crippen LogP contribution is -2.14. The standard InChI is InChI=1S/C19H16ClN5O2S2/c1-2-8-25-16(11-27-15-6-4-3-5-14(15)20)23-24-19(25)29-12-17(26)22-18-13(10-21)7-9-28-18/h2-7,9H,1,8,11-12H2,(H,22,26). The van der Waals surface area contributed by atoms with Gasteiger partial charge in [0, 0.05) is 6.54 Å². The van der Waals surface area contributed by atoms with Gasteiger partial charge in [0.05, 0.1) is 16.3 Å². The summed E-state index contributed by atoms with van der Waals surface area (Å²) in [5, 5.41) is 23.5. The van der Waals surface area contributed by atoms with Gasteiger partial charge in [0.25, 0.3) is 0 Å². The van der Waals surface area contributed by atoms with Crippen LogP contribution in [0, 0.1) is 11.3 Å². The Morgan fingerprint density at radius 2 is 2.24 bits per heavy atom. The topological polar surface area (TPSA) is 92.8 Å². The van der Waals surface area contributed by atoms with Crippen LogP contribution in [0.2, 0.25) is 5.02 Å². The molecular weight excluding hydrogens is 430 g/mol. The minimum Gasteiger partial charge on any atom is -0.484 e. The summed E-state index contributed by atoms with van der Waals surface area (Å²) in [6.07, 6.45) is 1.72. The largest absolute Gasteiger partial charge is 0.484 e. The number of rotatable bonds is 9.